The first-order chi connectivity index (χ1) is 13.5. The first-order valence-electron chi connectivity index (χ1n) is 8.88. The molecule has 1 N–H and O–H groups in total. The van der Waals surface area contributed by atoms with Crippen LogP contribution in [0.4, 0.5) is 15.8 Å². The van der Waals surface area contributed by atoms with Crippen LogP contribution in [-0.4, -0.2) is 39.2 Å². The molecule has 0 radical (unpaired) electrons. The number of sulfonamides is 1. The number of aryl methyl sites for hydroxylation is 1. The summed E-state index contributed by atoms with van der Waals surface area (Å²) in [7, 11) is -3.83. The number of carbonyl (C=O) groups excluding carboxylic acids is 2. The Morgan fingerprint density at radius 1 is 1.17 bits per heavy atom. The van der Waals surface area contributed by atoms with E-state index in [0.717, 1.165) is 22.7 Å². The molecule has 29 heavy (non-hydrogen) atoms. The summed E-state index contributed by atoms with van der Waals surface area (Å²) in [5.41, 5.74) is 1.47. The number of nitrogens with one attached hydrogen (secondary N) is 1. The summed E-state index contributed by atoms with van der Waals surface area (Å²) in [6.07, 6.45) is 0.965. The molecular formula is C20H23FN2O5S. The molecule has 0 spiro atoms. The molecule has 0 aliphatic rings. The Hall–Kier alpha value is -2.94. The average Bonchev–Trinajstić information content (AvgIpc) is 2.64. The maximum Gasteiger partial charge on any atom is 0.338 e. The van der Waals surface area contributed by atoms with E-state index in [4.69, 9.17) is 4.74 Å². The van der Waals surface area contributed by atoms with Crippen molar-refractivity contribution in [1.29, 1.82) is 0 Å². The van der Waals surface area contributed by atoms with Gasteiger partial charge in [0.15, 0.2) is 0 Å². The fourth-order valence-electron chi connectivity index (χ4n) is 2.73. The third kappa shape index (κ3) is 5.54. The Morgan fingerprint density at radius 2 is 1.79 bits per heavy atom. The van der Waals surface area contributed by atoms with Crippen LogP contribution < -0.4 is 9.62 Å². The average molecular weight is 422 g/mol. The molecule has 7 nitrogen and oxygen atoms in total. The molecule has 2 rings (SSSR count). The topological polar surface area (TPSA) is 92.8 Å². The quantitative estimate of drug-likeness (QED) is 0.692. The van der Waals surface area contributed by atoms with E-state index in [1.165, 1.54) is 25.1 Å². The van der Waals surface area contributed by atoms with E-state index >= 15 is 0 Å². The molecule has 2 aromatic carbocycles. The molecule has 0 bridgehead atoms. The standard InChI is InChI=1S/C20H23FN2O5S/c1-5-28-20(25)15-7-6-13(2)18(12-15)22-19(24)14(3)23(29(4,26)27)17-10-8-16(21)9-11-17/h6-12,14H,5H2,1-4H3,(H,22,24). The smallest absolute Gasteiger partial charge is 0.338 e. The van der Waals surface area contributed by atoms with Crippen LogP contribution in [0.1, 0.15) is 29.8 Å². The second-order valence-corrected chi connectivity index (χ2v) is 8.31. The SMILES string of the molecule is CCOC(=O)c1ccc(C)c(NC(=O)C(C)N(c2ccc(F)cc2)S(C)(=O)=O)c1. The molecule has 0 saturated heterocycles. The molecule has 156 valence electrons. The minimum atomic E-state index is -3.83. The molecule has 0 heterocycles. The number of carbonyl (C=O) groups is 2. The lowest BCUT2D eigenvalue weighted by Crippen LogP contribution is -2.45. The third-order valence-corrected chi connectivity index (χ3v) is 5.42. The number of halogens is 1. The van der Waals surface area contributed by atoms with Crippen LogP contribution in [0.15, 0.2) is 42.5 Å². The number of benzene rings is 2. The zero-order chi connectivity index (χ0) is 21.8. The second kappa shape index (κ2) is 9.04. The minimum absolute atomic E-state index is 0.161. The van der Waals surface area contributed by atoms with Gasteiger partial charge in [-0.2, -0.15) is 0 Å². The summed E-state index contributed by atoms with van der Waals surface area (Å²) in [5, 5.41) is 2.65. The van der Waals surface area contributed by atoms with Crippen LogP contribution in [-0.2, 0) is 19.6 Å². The van der Waals surface area contributed by atoms with Crippen LogP contribution >= 0.6 is 0 Å². The lowest BCUT2D eigenvalue weighted by atomic mass is 10.1. The largest absolute Gasteiger partial charge is 0.462 e. The van der Waals surface area contributed by atoms with Gasteiger partial charge in [0.2, 0.25) is 15.9 Å². The molecule has 1 unspecified atom stereocenters. The van der Waals surface area contributed by atoms with Crippen LogP contribution in [0.3, 0.4) is 0 Å². The Balaban J connectivity index is 2.31. The number of hydrogen-bond acceptors (Lipinski definition) is 5. The van der Waals surface area contributed by atoms with Crippen molar-refractivity contribution in [2.45, 2.75) is 26.8 Å². The number of hydrogen-bond donors (Lipinski definition) is 1. The van der Waals surface area contributed by atoms with E-state index in [9.17, 15) is 22.4 Å². The van der Waals surface area contributed by atoms with E-state index in [2.05, 4.69) is 5.32 Å². The molecule has 1 atom stereocenters. The summed E-state index contributed by atoms with van der Waals surface area (Å²) in [6, 6.07) is 8.38. The van der Waals surface area contributed by atoms with Crippen molar-refractivity contribution >= 4 is 33.3 Å². The minimum Gasteiger partial charge on any atom is -0.462 e. The number of rotatable bonds is 7. The maximum atomic E-state index is 13.2. The highest BCUT2D eigenvalue weighted by atomic mass is 32.2. The van der Waals surface area contributed by atoms with Crippen LogP contribution in [0, 0.1) is 12.7 Å². The van der Waals surface area contributed by atoms with Crippen molar-refractivity contribution in [3.05, 3.63) is 59.4 Å². The summed E-state index contributed by atoms with van der Waals surface area (Å²) in [6.45, 7) is 5.06. The predicted molar refractivity (Wildman–Crippen MR) is 109 cm³/mol. The van der Waals surface area contributed by atoms with Crippen LogP contribution in [0.5, 0.6) is 0 Å². The van der Waals surface area contributed by atoms with Gasteiger partial charge in [-0.15, -0.1) is 0 Å². The molecule has 2 aromatic rings. The number of esters is 1. The van der Waals surface area contributed by atoms with Gasteiger partial charge >= 0.3 is 5.97 Å². The van der Waals surface area contributed by atoms with Crippen molar-refractivity contribution in [3.8, 4) is 0 Å². The van der Waals surface area contributed by atoms with Gasteiger partial charge in [0, 0.05) is 5.69 Å². The lowest BCUT2D eigenvalue weighted by molar-refractivity contribution is -0.116. The predicted octanol–water partition coefficient (Wildman–Crippen LogP) is 3.10. The Morgan fingerprint density at radius 3 is 2.34 bits per heavy atom. The molecule has 1 amide bonds. The van der Waals surface area contributed by atoms with Gasteiger partial charge in [-0.1, -0.05) is 6.07 Å². The van der Waals surface area contributed by atoms with Gasteiger partial charge in [-0.3, -0.25) is 9.10 Å². The monoisotopic (exact) mass is 422 g/mol. The van der Waals surface area contributed by atoms with Crippen molar-refractivity contribution in [2.75, 3.05) is 22.5 Å². The van der Waals surface area contributed by atoms with Crippen molar-refractivity contribution in [3.63, 3.8) is 0 Å². The maximum absolute atomic E-state index is 13.2. The van der Waals surface area contributed by atoms with Gasteiger partial charge in [-0.25, -0.2) is 17.6 Å². The number of amides is 1. The summed E-state index contributed by atoms with van der Waals surface area (Å²) < 4.78 is 43.7. The summed E-state index contributed by atoms with van der Waals surface area (Å²) in [4.78, 5) is 24.7. The van der Waals surface area contributed by atoms with E-state index in [-0.39, 0.29) is 17.9 Å². The second-order valence-electron chi connectivity index (χ2n) is 6.45. The molecule has 9 heteroatoms. The number of anilines is 2. The van der Waals surface area contributed by atoms with Gasteiger partial charge in [0.25, 0.3) is 0 Å². The summed E-state index contributed by atoms with van der Waals surface area (Å²) in [5.74, 6) is -1.66. The highest BCUT2D eigenvalue weighted by molar-refractivity contribution is 7.92. The molecule has 0 aromatic heterocycles. The van der Waals surface area contributed by atoms with Crippen molar-refractivity contribution < 1.29 is 27.1 Å². The van der Waals surface area contributed by atoms with Crippen LogP contribution in [0.25, 0.3) is 0 Å². The fraction of sp³-hybridized carbons (Fsp3) is 0.300. The van der Waals surface area contributed by atoms with Gasteiger partial charge < -0.3 is 10.1 Å². The summed E-state index contributed by atoms with van der Waals surface area (Å²) >= 11 is 0. The van der Waals surface area contributed by atoms with Gasteiger partial charge in [-0.05, 0) is 62.7 Å². The molecule has 0 aliphatic carbocycles. The number of ether oxygens (including phenoxy) is 1. The molecular weight excluding hydrogens is 399 g/mol. The normalized spacial score (nSPS) is 12.2. The van der Waals surface area contributed by atoms with Crippen LogP contribution in [0.2, 0.25) is 0 Å². The Kier molecular flexibility index (Phi) is 6.97. The first kappa shape index (κ1) is 22.4. The molecule has 0 aliphatic heterocycles. The van der Waals surface area contributed by atoms with Gasteiger partial charge in [0.1, 0.15) is 11.9 Å². The lowest BCUT2D eigenvalue weighted by Gasteiger charge is -2.28. The van der Waals surface area contributed by atoms with E-state index in [1.807, 2.05) is 0 Å². The third-order valence-electron chi connectivity index (χ3n) is 4.18. The Bertz CT molecular complexity index is 1010. The zero-order valence-electron chi connectivity index (χ0n) is 16.6. The van der Waals surface area contributed by atoms with E-state index in [0.29, 0.717) is 11.3 Å². The number of nitrogens with zero attached hydrogens (tertiary/aromatic N) is 1. The highest BCUT2D eigenvalue weighted by Crippen LogP contribution is 2.23. The van der Waals surface area contributed by atoms with Crippen molar-refractivity contribution in [2.24, 2.45) is 0 Å². The van der Waals surface area contributed by atoms with E-state index < -0.39 is 33.8 Å². The Labute approximate surface area is 169 Å². The fourth-order valence-corrected chi connectivity index (χ4v) is 3.91. The zero-order valence-corrected chi connectivity index (χ0v) is 17.4. The first-order valence-corrected chi connectivity index (χ1v) is 10.7. The van der Waals surface area contributed by atoms with Gasteiger partial charge in [0.05, 0.1) is 24.1 Å². The molecule has 0 saturated carbocycles. The highest BCUT2D eigenvalue weighted by Gasteiger charge is 2.29. The van der Waals surface area contributed by atoms with Crippen molar-refractivity contribution in [1.82, 2.24) is 0 Å². The van der Waals surface area contributed by atoms with E-state index in [1.54, 1.807) is 26.0 Å². The molecule has 0 fully saturated rings.